The fourth-order valence-electron chi connectivity index (χ4n) is 3.01. The Bertz CT molecular complexity index is 1050. The molecule has 0 radical (unpaired) electrons. The largest absolute Gasteiger partial charge is 0.697 e. The van der Waals surface area contributed by atoms with Gasteiger partial charge in [-0.15, -0.1) is 9.05 Å². The first-order valence-corrected chi connectivity index (χ1v) is 12.1. The lowest BCUT2D eigenvalue weighted by Gasteiger charge is -2.34. The molecule has 33 heavy (non-hydrogen) atoms. The summed E-state index contributed by atoms with van der Waals surface area (Å²) in [5.74, 6) is 0.261. The Hall–Kier alpha value is -1.91. The predicted octanol–water partition coefficient (Wildman–Crippen LogP) is 0.610. The summed E-state index contributed by atoms with van der Waals surface area (Å²) in [5, 5.41) is 31.0. The highest BCUT2D eigenvalue weighted by Gasteiger charge is 2.65. The van der Waals surface area contributed by atoms with E-state index in [-0.39, 0.29) is 17.5 Å². The van der Waals surface area contributed by atoms with Crippen LogP contribution in [0.15, 0.2) is 21.9 Å². The van der Waals surface area contributed by atoms with Crippen molar-refractivity contribution >= 4 is 25.1 Å². The molecule has 1 aliphatic heterocycles. The van der Waals surface area contributed by atoms with Gasteiger partial charge in [-0.25, -0.2) is 4.79 Å². The minimum absolute atomic E-state index is 0.0141. The number of H-pyrrole nitrogens is 1. The van der Waals surface area contributed by atoms with Crippen LogP contribution in [0.5, 0.6) is 0 Å². The summed E-state index contributed by atoms with van der Waals surface area (Å²) in [7, 11) is -2.66. The van der Waals surface area contributed by atoms with Gasteiger partial charge in [0.15, 0.2) is 10.7 Å². The van der Waals surface area contributed by atoms with Gasteiger partial charge in [-0.05, 0) is 13.3 Å². The Kier molecular flexibility index (Phi) is 8.75. The number of aliphatic hydroxyl groups is 2. The summed E-state index contributed by atoms with van der Waals surface area (Å²) in [6.07, 6.45) is -1.44. The van der Waals surface area contributed by atoms with Crippen molar-refractivity contribution in [1.82, 2.24) is 9.55 Å². The zero-order valence-corrected chi connectivity index (χ0v) is 20.4. The summed E-state index contributed by atoms with van der Waals surface area (Å²) in [6.45, 7) is 6.08. The SMILES string of the molecule is CCC(C)(C)C(=O)SCCO[P+](=O)OC[C@H]1O[C@@](C#N)(n2ccc(=O)[nH]c2=O)[C@](C)(O)[C@@H]1O. The number of aromatic amines is 1. The summed E-state index contributed by atoms with van der Waals surface area (Å²) < 4.78 is 28.3. The molecule has 0 aliphatic carbocycles. The van der Waals surface area contributed by atoms with Crippen molar-refractivity contribution in [2.45, 2.75) is 57.6 Å². The van der Waals surface area contributed by atoms with Crippen molar-refractivity contribution in [3.05, 3.63) is 33.1 Å². The van der Waals surface area contributed by atoms with E-state index in [0.717, 1.165) is 30.9 Å². The number of thioether (sulfide) groups is 1. The van der Waals surface area contributed by atoms with Crippen LogP contribution >= 0.6 is 20.0 Å². The number of ether oxygens (including phenoxy) is 1. The highest BCUT2D eigenvalue weighted by molar-refractivity contribution is 8.13. The zero-order chi connectivity index (χ0) is 25.0. The number of nitrogens with one attached hydrogen (secondary N) is 1. The first-order valence-electron chi connectivity index (χ1n) is 10.0. The second-order valence-corrected chi connectivity index (χ2v) is 10.2. The van der Waals surface area contributed by atoms with Crippen molar-refractivity contribution in [3.8, 4) is 6.07 Å². The molecule has 5 atom stereocenters. The Morgan fingerprint density at radius 2 is 2.12 bits per heavy atom. The first-order chi connectivity index (χ1) is 15.3. The minimum atomic E-state index is -2.66. The summed E-state index contributed by atoms with van der Waals surface area (Å²) in [4.78, 5) is 37.5. The molecule has 0 spiro atoms. The number of carbonyl (C=O) groups is 1. The van der Waals surface area contributed by atoms with Crippen molar-refractivity contribution in [2.75, 3.05) is 19.0 Å². The van der Waals surface area contributed by atoms with Gasteiger partial charge in [0, 0.05) is 28.0 Å². The maximum atomic E-state index is 12.2. The summed E-state index contributed by atoms with van der Waals surface area (Å²) >= 11 is 1.06. The van der Waals surface area contributed by atoms with Gasteiger partial charge in [-0.1, -0.05) is 32.5 Å². The number of rotatable bonds is 10. The second kappa shape index (κ2) is 10.6. The Labute approximate surface area is 194 Å². The smallest absolute Gasteiger partial charge is 0.387 e. The molecule has 0 amide bonds. The molecule has 2 rings (SSSR count). The number of nitriles is 1. The molecule has 1 fully saturated rings. The minimum Gasteiger partial charge on any atom is -0.387 e. The molecular weight excluding hydrogens is 477 g/mol. The van der Waals surface area contributed by atoms with E-state index in [1.54, 1.807) is 6.07 Å². The molecule has 2 heterocycles. The molecule has 1 aliphatic rings. The molecular formula is C19H27N3O9PS+. The Balaban J connectivity index is 1.99. The molecule has 1 aromatic heterocycles. The number of hydrogen-bond acceptors (Lipinski definition) is 11. The van der Waals surface area contributed by atoms with Gasteiger partial charge >= 0.3 is 13.9 Å². The van der Waals surface area contributed by atoms with Gasteiger partial charge in [0.25, 0.3) is 11.3 Å². The lowest BCUT2D eigenvalue weighted by Crippen LogP contribution is -2.58. The van der Waals surface area contributed by atoms with Crippen molar-refractivity contribution in [1.29, 1.82) is 5.26 Å². The van der Waals surface area contributed by atoms with Gasteiger partial charge in [0.2, 0.25) is 0 Å². The van der Waals surface area contributed by atoms with Crippen LogP contribution < -0.4 is 11.2 Å². The predicted molar refractivity (Wildman–Crippen MR) is 117 cm³/mol. The lowest BCUT2D eigenvalue weighted by molar-refractivity contribution is -0.151. The van der Waals surface area contributed by atoms with E-state index in [4.69, 9.17) is 13.8 Å². The van der Waals surface area contributed by atoms with E-state index in [0.29, 0.717) is 11.0 Å². The van der Waals surface area contributed by atoms with E-state index >= 15 is 0 Å². The number of aromatic nitrogens is 2. The molecule has 1 aromatic rings. The van der Waals surface area contributed by atoms with Crippen LogP contribution in [0.4, 0.5) is 0 Å². The van der Waals surface area contributed by atoms with Crippen molar-refractivity contribution in [2.24, 2.45) is 5.41 Å². The number of aliphatic hydroxyl groups excluding tert-OH is 1. The molecule has 1 saturated heterocycles. The molecule has 0 aromatic carbocycles. The highest BCUT2D eigenvalue weighted by Crippen LogP contribution is 2.43. The van der Waals surface area contributed by atoms with Crippen LogP contribution in [0, 0.1) is 16.7 Å². The van der Waals surface area contributed by atoms with Crippen LogP contribution in [-0.2, 0) is 28.9 Å². The maximum absolute atomic E-state index is 12.2. The van der Waals surface area contributed by atoms with Gasteiger partial charge in [-0.2, -0.15) is 5.26 Å². The monoisotopic (exact) mass is 504 g/mol. The average molecular weight is 504 g/mol. The Morgan fingerprint density at radius 1 is 1.45 bits per heavy atom. The molecule has 0 saturated carbocycles. The molecule has 0 bridgehead atoms. The average Bonchev–Trinajstić information content (AvgIpc) is 2.95. The molecule has 12 nitrogen and oxygen atoms in total. The normalized spacial score (nSPS) is 27.8. The summed E-state index contributed by atoms with van der Waals surface area (Å²) in [5.41, 5.74) is -6.93. The van der Waals surface area contributed by atoms with Crippen molar-refractivity contribution in [3.63, 3.8) is 0 Å². The molecule has 182 valence electrons. The third-order valence-electron chi connectivity index (χ3n) is 5.54. The van der Waals surface area contributed by atoms with Crippen LogP contribution in [0.3, 0.4) is 0 Å². The van der Waals surface area contributed by atoms with Crippen molar-refractivity contribution < 1.29 is 33.4 Å². The topological polar surface area (TPSA) is 181 Å². The Morgan fingerprint density at radius 3 is 2.70 bits per heavy atom. The second-order valence-electron chi connectivity index (χ2n) is 8.21. The number of hydrogen-bond donors (Lipinski definition) is 3. The van der Waals surface area contributed by atoms with E-state index in [2.05, 4.69) is 0 Å². The molecule has 3 N–H and O–H groups in total. The third kappa shape index (κ3) is 5.60. The first kappa shape index (κ1) is 27.3. The molecule has 14 heteroatoms. The van der Waals surface area contributed by atoms with Crippen LogP contribution in [0.1, 0.15) is 34.1 Å². The van der Waals surface area contributed by atoms with E-state index < -0.39 is 55.1 Å². The quantitative estimate of drug-likeness (QED) is 0.300. The number of nitrogens with zero attached hydrogens (tertiary/aromatic N) is 2. The van der Waals surface area contributed by atoms with Gasteiger partial charge in [0.1, 0.15) is 31.5 Å². The highest BCUT2D eigenvalue weighted by atomic mass is 32.2. The zero-order valence-electron chi connectivity index (χ0n) is 18.6. The van der Waals surface area contributed by atoms with E-state index in [1.165, 1.54) is 0 Å². The summed E-state index contributed by atoms with van der Waals surface area (Å²) in [6, 6.07) is 2.63. The standard InChI is InChI=1S/C19H26N3O9PS/c1-5-17(2,3)15(25)33-9-8-29-32(28)30-10-12-14(24)18(4,27)19(11-20,31-12)22-7-6-13(23)21-16(22)26/h6-7,12,14,24,27H,5,8-10H2,1-4H3/p+1/t12-,14-,18-,19-/m1/s1. The van der Waals surface area contributed by atoms with E-state index in [1.807, 2.05) is 25.8 Å². The van der Waals surface area contributed by atoms with Gasteiger partial charge in [-0.3, -0.25) is 19.1 Å². The lowest BCUT2D eigenvalue weighted by atomic mass is 9.88. The van der Waals surface area contributed by atoms with Gasteiger partial charge in [0.05, 0.1) is 0 Å². The maximum Gasteiger partial charge on any atom is 0.697 e. The number of carbonyl (C=O) groups excluding carboxylic acids is 1. The third-order valence-corrected chi connectivity index (χ3v) is 7.48. The fraction of sp³-hybridized carbons (Fsp3) is 0.684. The van der Waals surface area contributed by atoms with Gasteiger partial charge < -0.3 is 14.9 Å². The molecule has 1 unspecified atom stereocenters. The van der Waals surface area contributed by atoms with Crippen LogP contribution in [-0.4, -0.2) is 61.7 Å². The van der Waals surface area contributed by atoms with Crippen LogP contribution in [0.25, 0.3) is 0 Å². The van der Waals surface area contributed by atoms with E-state index in [9.17, 15) is 34.4 Å². The fourth-order valence-corrected chi connectivity index (χ4v) is 4.60. The van der Waals surface area contributed by atoms with Crippen LogP contribution in [0.2, 0.25) is 0 Å².